The first-order chi connectivity index (χ1) is 18.8. The van der Waals surface area contributed by atoms with Crippen molar-refractivity contribution in [1.82, 2.24) is 19.7 Å². The molecule has 2 N–H and O–H groups in total. The Bertz CT molecular complexity index is 1420. The number of amides is 1. The number of pyridine rings is 1. The van der Waals surface area contributed by atoms with Crippen molar-refractivity contribution in [3.63, 3.8) is 0 Å². The summed E-state index contributed by atoms with van der Waals surface area (Å²) in [6.45, 7) is 8.21. The summed E-state index contributed by atoms with van der Waals surface area (Å²) in [5.41, 5.74) is 0.980. The first-order valence-electron chi connectivity index (χ1n) is 13.1. The van der Waals surface area contributed by atoms with Crippen LogP contribution < -0.4 is 10.7 Å². The van der Waals surface area contributed by atoms with Crippen molar-refractivity contribution in [3.05, 3.63) is 92.8 Å². The lowest BCUT2D eigenvalue weighted by molar-refractivity contribution is 0.0949. The Morgan fingerprint density at radius 3 is 2.59 bits per heavy atom. The zero-order valence-electron chi connectivity index (χ0n) is 22.5. The zero-order valence-corrected chi connectivity index (χ0v) is 23.3. The number of benzene rings is 1. The van der Waals surface area contributed by atoms with Gasteiger partial charge in [-0.05, 0) is 56.0 Å². The molecular weight excluding hydrogens is 520 g/mol. The molecule has 0 radical (unpaired) electrons. The molecule has 3 heterocycles. The SMILES string of the molecule is CCN(CC)CCn1cc(C(=O)NCc2ccc(Cl)cc2)c(=O)c2cc(CN(C)C[C@@H](O)c3ccco3)oc21. The molecule has 0 aliphatic heterocycles. The normalized spacial score (nSPS) is 12.5. The number of aliphatic hydroxyl groups is 1. The molecule has 1 atom stereocenters. The molecule has 0 aliphatic carbocycles. The Labute approximate surface area is 232 Å². The lowest BCUT2D eigenvalue weighted by Gasteiger charge is -2.19. The Hall–Kier alpha value is -3.37. The Morgan fingerprint density at radius 2 is 1.92 bits per heavy atom. The average Bonchev–Trinajstić information content (AvgIpc) is 3.61. The van der Waals surface area contributed by atoms with E-state index >= 15 is 0 Å². The molecule has 39 heavy (non-hydrogen) atoms. The van der Waals surface area contributed by atoms with E-state index in [4.69, 9.17) is 20.4 Å². The van der Waals surface area contributed by atoms with Crippen LogP contribution in [0.4, 0.5) is 0 Å². The van der Waals surface area contributed by atoms with E-state index in [0.717, 1.165) is 25.2 Å². The molecule has 9 nitrogen and oxygen atoms in total. The van der Waals surface area contributed by atoms with Crippen LogP contribution in [-0.4, -0.2) is 58.6 Å². The first-order valence-corrected chi connectivity index (χ1v) is 13.5. The van der Waals surface area contributed by atoms with E-state index in [2.05, 4.69) is 24.1 Å². The van der Waals surface area contributed by atoms with Crippen LogP contribution in [0.5, 0.6) is 0 Å². The molecule has 1 amide bonds. The predicted octanol–water partition coefficient (Wildman–Crippen LogP) is 4.28. The molecule has 208 valence electrons. The molecular formula is C29H35ClN4O5. The molecule has 0 saturated heterocycles. The number of carbonyl (C=O) groups is 1. The van der Waals surface area contributed by atoms with Crippen molar-refractivity contribution in [2.75, 3.05) is 33.2 Å². The predicted molar refractivity (Wildman–Crippen MR) is 151 cm³/mol. The minimum atomic E-state index is -0.792. The Kier molecular flexibility index (Phi) is 9.63. The summed E-state index contributed by atoms with van der Waals surface area (Å²) >= 11 is 5.95. The van der Waals surface area contributed by atoms with Crippen LogP contribution in [0, 0.1) is 0 Å². The highest BCUT2D eigenvalue weighted by Gasteiger charge is 2.21. The van der Waals surface area contributed by atoms with Crippen LogP contribution >= 0.6 is 11.6 Å². The second-order valence-electron chi connectivity index (χ2n) is 9.56. The zero-order chi connectivity index (χ0) is 27.9. The molecule has 0 aliphatic rings. The maximum Gasteiger partial charge on any atom is 0.257 e. The van der Waals surface area contributed by atoms with Crippen LogP contribution in [0.25, 0.3) is 11.1 Å². The maximum atomic E-state index is 13.4. The van der Waals surface area contributed by atoms with Gasteiger partial charge in [-0.25, -0.2) is 0 Å². The summed E-state index contributed by atoms with van der Waals surface area (Å²) in [7, 11) is 1.85. The molecule has 10 heteroatoms. The second-order valence-corrected chi connectivity index (χ2v) is 10.00. The molecule has 3 aromatic heterocycles. The third kappa shape index (κ3) is 7.19. The van der Waals surface area contributed by atoms with Gasteiger partial charge in [0, 0.05) is 37.4 Å². The van der Waals surface area contributed by atoms with Gasteiger partial charge in [0.15, 0.2) is 0 Å². The van der Waals surface area contributed by atoms with Crippen LogP contribution in [0.15, 0.2) is 68.6 Å². The standard InChI is InChI=1S/C29H35ClN4O5/c1-4-33(5-2)12-13-34-18-24(28(37)31-16-20-8-10-21(30)11-9-20)27(36)23-15-22(39-29(23)34)17-32(3)19-25(35)26-7-6-14-38-26/h6-11,14-15,18,25,35H,4-5,12-13,16-17,19H2,1-3H3,(H,31,37)/t25-/m1/s1. The van der Waals surface area contributed by atoms with Gasteiger partial charge in [0.25, 0.3) is 5.91 Å². The highest BCUT2D eigenvalue weighted by molar-refractivity contribution is 6.30. The summed E-state index contributed by atoms with van der Waals surface area (Å²) in [6, 6.07) is 12.3. The van der Waals surface area contributed by atoms with Crippen LogP contribution in [-0.2, 0) is 19.6 Å². The number of nitrogens with one attached hydrogen (secondary N) is 1. The monoisotopic (exact) mass is 554 g/mol. The summed E-state index contributed by atoms with van der Waals surface area (Å²) in [5.74, 6) is 0.596. The van der Waals surface area contributed by atoms with Crippen molar-refractivity contribution in [1.29, 1.82) is 0 Å². The van der Waals surface area contributed by atoms with Crippen molar-refractivity contribution in [2.24, 2.45) is 0 Å². The van der Waals surface area contributed by atoms with Gasteiger partial charge in [-0.15, -0.1) is 0 Å². The van der Waals surface area contributed by atoms with E-state index < -0.39 is 12.0 Å². The summed E-state index contributed by atoms with van der Waals surface area (Å²) < 4.78 is 13.3. The van der Waals surface area contributed by atoms with E-state index in [1.807, 2.05) is 28.6 Å². The minimum Gasteiger partial charge on any atom is -0.467 e. The third-order valence-electron chi connectivity index (χ3n) is 6.74. The Morgan fingerprint density at radius 1 is 1.18 bits per heavy atom. The molecule has 0 bridgehead atoms. The van der Waals surface area contributed by atoms with Crippen molar-refractivity contribution >= 4 is 28.6 Å². The fourth-order valence-electron chi connectivity index (χ4n) is 4.50. The quantitative estimate of drug-likeness (QED) is 0.254. The van der Waals surface area contributed by atoms with E-state index in [1.54, 1.807) is 36.5 Å². The number of nitrogens with zero attached hydrogens (tertiary/aromatic N) is 3. The minimum absolute atomic E-state index is 0.0601. The highest BCUT2D eigenvalue weighted by Crippen LogP contribution is 2.21. The van der Waals surface area contributed by atoms with E-state index in [0.29, 0.717) is 47.3 Å². The second kappa shape index (κ2) is 13.1. The number of fused-ring (bicyclic) bond motifs is 1. The number of hydrogen-bond acceptors (Lipinski definition) is 7. The molecule has 0 unspecified atom stereocenters. The highest BCUT2D eigenvalue weighted by atomic mass is 35.5. The first kappa shape index (κ1) is 28.6. The van der Waals surface area contributed by atoms with Gasteiger partial charge in [-0.2, -0.15) is 0 Å². The van der Waals surface area contributed by atoms with Gasteiger partial charge in [-0.3, -0.25) is 14.5 Å². The molecule has 1 aromatic carbocycles. The van der Waals surface area contributed by atoms with Gasteiger partial charge in [-0.1, -0.05) is 37.6 Å². The van der Waals surface area contributed by atoms with Crippen molar-refractivity contribution < 1.29 is 18.7 Å². The Balaban J connectivity index is 1.59. The number of aliphatic hydroxyl groups excluding tert-OH is 1. The van der Waals surface area contributed by atoms with Crippen molar-refractivity contribution in [3.8, 4) is 0 Å². The van der Waals surface area contributed by atoms with Gasteiger partial charge in [0.1, 0.15) is 23.2 Å². The van der Waals surface area contributed by atoms with Gasteiger partial charge in [0.05, 0.1) is 18.2 Å². The average molecular weight is 555 g/mol. The molecule has 0 saturated carbocycles. The fourth-order valence-corrected chi connectivity index (χ4v) is 4.62. The number of rotatable bonds is 13. The summed E-state index contributed by atoms with van der Waals surface area (Å²) in [5, 5.41) is 14.2. The summed E-state index contributed by atoms with van der Waals surface area (Å²) in [6.07, 6.45) is 2.32. The maximum absolute atomic E-state index is 13.4. The van der Waals surface area contributed by atoms with Gasteiger partial charge < -0.3 is 28.7 Å². The number of carbonyl (C=O) groups excluding carboxylic acids is 1. The molecule has 0 spiro atoms. The number of likely N-dealkylation sites (N-methyl/N-ethyl adjacent to an activating group) is 2. The van der Waals surface area contributed by atoms with Crippen LogP contribution in [0.3, 0.4) is 0 Å². The molecule has 0 fully saturated rings. The smallest absolute Gasteiger partial charge is 0.257 e. The fraction of sp³-hybridized carbons (Fsp3) is 0.379. The number of aromatic nitrogens is 1. The van der Waals surface area contributed by atoms with Gasteiger partial charge >= 0.3 is 0 Å². The third-order valence-corrected chi connectivity index (χ3v) is 7.00. The van der Waals surface area contributed by atoms with E-state index in [1.165, 1.54) is 6.26 Å². The van der Waals surface area contributed by atoms with Crippen molar-refractivity contribution in [2.45, 2.75) is 39.6 Å². The van der Waals surface area contributed by atoms with Crippen LogP contribution in [0.2, 0.25) is 5.02 Å². The number of furan rings is 2. The van der Waals surface area contributed by atoms with Gasteiger partial charge in [0.2, 0.25) is 11.1 Å². The number of hydrogen-bond donors (Lipinski definition) is 2. The van der Waals surface area contributed by atoms with E-state index in [-0.39, 0.29) is 17.5 Å². The largest absolute Gasteiger partial charge is 0.467 e. The lowest BCUT2D eigenvalue weighted by Crippen LogP contribution is -2.31. The number of halogens is 1. The lowest BCUT2D eigenvalue weighted by atomic mass is 10.1. The van der Waals surface area contributed by atoms with Crippen LogP contribution in [0.1, 0.15) is 47.4 Å². The van der Waals surface area contributed by atoms with E-state index in [9.17, 15) is 14.7 Å². The summed E-state index contributed by atoms with van der Waals surface area (Å²) in [4.78, 5) is 30.7. The topological polar surface area (TPSA) is 104 Å². The molecule has 4 rings (SSSR count). The molecule has 4 aromatic rings.